The van der Waals surface area contributed by atoms with Crippen LogP contribution in [0.25, 0.3) is 0 Å². The van der Waals surface area contributed by atoms with Crippen LogP contribution in [0.1, 0.15) is 36.0 Å². The highest BCUT2D eigenvalue weighted by atomic mass is 16.1. The standard InChI is InChI=1S/C12H13NO/c14-11-9-5-1-2-6-10(9)13-12(11)7-3-4-8-12/h1-2,5-6,13H,3-4,7-8H2. The van der Waals surface area contributed by atoms with Gasteiger partial charge in [0.25, 0.3) is 0 Å². The number of carbonyl (C=O) groups excluding carboxylic acids is 1. The van der Waals surface area contributed by atoms with E-state index in [1.165, 1.54) is 12.8 Å². The number of para-hydroxylation sites is 1. The molecule has 14 heavy (non-hydrogen) atoms. The van der Waals surface area contributed by atoms with Crippen molar-refractivity contribution in [2.24, 2.45) is 0 Å². The Bertz CT molecular complexity index is 391. The van der Waals surface area contributed by atoms with Crippen LogP contribution in [0.4, 0.5) is 5.69 Å². The third kappa shape index (κ3) is 0.884. The lowest BCUT2D eigenvalue weighted by Crippen LogP contribution is -2.38. The molecule has 72 valence electrons. The molecule has 1 aromatic carbocycles. The van der Waals surface area contributed by atoms with Gasteiger partial charge in [0.15, 0.2) is 5.78 Å². The lowest BCUT2D eigenvalue weighted by atomic mass is 9.92. The molecule has 0 atom stereocenters. The van der Waals surface area contributed by atoms with Gasteiger partial charge in [0.1, 0.15) is 5.54 Å². The maximum Gasteiger partial charge on any atom is 0.190 e. The van der Waals surface area contributed by atoms with Gasteiger partial charge in [0, 0.05) is 11.3 Å². The van der Waals surface area contributed by atoms with Gasteiger partial charge in [-0.3, -0.25) is 4.79 Å². The SMILES string of the molecule is O=C1c2ccccc2NC12CCCC2. The Labute approximate surface area is 83.3 Å². The molecule has 0 bridgehead atoms. The molecule has 1 N–H and O–H groups in total. The Morgan fingerprint density at radius 3 is 2.57 bits per heavy atom. The monoisotopic (exact) mass is 187 g/mol. The van der Waals surface area contributed by atoms with Crippen molar-refractivity contribution in [3.8, 4) is 0 Å². The first kappa shape index (κ1) is 8.04. The average molecular weight is 187 g/mol. The van der Waals surface area contributed by atoms with Gasteiger partial charge < -0.3 is 5.32 Å². The van der Waals surface area contributed by atoms with Gasteiger partial charge in [-0.25, -0.2) is 0 Å². The summed E-state index contributed by atoms with van der Waals surface area (Å²) in [5.74, 6) is 0.311. The second-order valence-electron chi connectivity index (χ2n) is 4.29. The van der Waals surface area contributed by atoms with E-state index in [4.69, 9.17) is 0 Å². The number of anilines is 1. The largest absolute Gasteiger partial charge is 0.372 e. The number of Topliss-reactive ketones (excluding diaryl/α,β-unsaturated/α-hetero) is 1. The van der Waals surface area contributed by atoms with Crippen LogP contribution in [0.3, 0.4) is 0 Å². The molecule has 0 amide bonds. The molecule has 0 unspecified atom stereocenters. The zero-order chi connectivity index (χ0) is 9.60. The van der Waals surface area contributed by atoms with Gasteiger partial charge >= 0.3 is 0 Å². The molecular weight excluding hydrogens is 174 g/mol. The van der Waals surface area contributed by atoms with Crippen LogP contribution < -0.4 is 5.32 Å². The summed E-state index contributed by atoms with van der Waals surface area (Å²) in [5, 5.41) is 3.41. The van der Waals surface area contributed by atoms with Crippen molar-refractivity contribution in [1.29, 1.82) is 0 Å². The zero-order valence-corrected chi connectivity index (χ0v) is 8.05. The Balaban J connectivity index is 2.09. The third-order valence-corrected chi connectivity index (χ3v) is 3.44. The molecule has 0 aromatic heterocycles. The molecular formula is C12H13NO. The Kier molecular flexibility index (Phi) is 1.49. The maximum absolute atomic E-state index is 12.2. The fourth-order valence-corrected chi connectivity index (χ4v) is 2.69. The summed E-state index contributed by atoms with van der Waals surface area (Å²) in [6, 6.07) is 7.84. The molecule has 2 nitrogen and oxygen atoms in total. The van der Waals surface area contributed by atoms with Crippen LogP contribution in [0.15, 0.2) is 24.3 Å². The van der Waals surface area contributed by atoms with Crippen molar-refractivity contribution >= 4 is 11.5 Å². The van der Waals surface area contributed by atoms with Gasteiger partial charge in [-0.2, -0.15) is 0 Å². The molecule has 0 radical (unpaired) electrons. The molecule has 1 aromatic rings. The molecule has 1 spiro atoms. The summed E-state index contributed by atoms with van der Waals surface area (Å²) in [5.41, 5.74) is 1.68. The molecule has 2 aliphatic rings. The first-order valence-electron chi connectivity index (χ1n) is 5.24. The number of benzene rings is 1. The number of hydrogen-bond acceptors (Lipinski definition) is 2. The van der Waals surface area contributed by atoms with Crippen molar-refractivity contribution < 1.29 is 4.79 Å². The van der Waals surface area contributed by atoms with Crippen molar-refractivity contribution in [3.63, 3.8) is 0 Å². The van der Waals surface area contributed by atoms with Crippen LogP contribution in [-0.2, 0) is 0 Å². The van der Waals surface area contributed by atoms with E-state index in [-0.39, 0.29) is 5.54 Å². The topological polar surface area (TPSA) is 29.1 Å². The quantitative estimate of drug-likeness (QED) is 0.676. The van der Waals surface area contributed by atoms with E-state index in [9.17, 15) is 4.79 Å². The number of hydrogen-bond donors (Lipinski definition) is 1. The Morgan fingerprint density at radius 1 is 1.14 bits per heavy atom. The first-order valence-corrected chi connectivity index (χ1v) is 5.24. The molecule has 1 aliphatic heterocycles. The smallest absolute Gasteiger partial charge is 0.190 e. The van der Waals surface area contributed by atoms with Gasteiger partial charge in [-0.05, 0) is 25.0 Å². The highest BCUT2D eigenvalue weighted by Crippen LogP contribution is 2.42. The summed E-state index contributed by atoms with van der Waals surface area (Å²) < 4.78 is 0. The summed E-state index contributed by atoms with van der Waals surface area (Å²) in [6.07, 6.45) is 4.35. The van der Waals surface area contributed by atoms with Gasteiger partial charge in [0.05, 0.1) is 0 Å². The minimum Gasteiger partial charge on any atom is -0.372 e. The number of carbonyl (C=O) groups is 1. The van der Waals surface area contributed by atoms with Crippen molar-refractivity contribution in [2.45, 2.75) is 31.2 Å². The lowest BCUT2D eigenvalue weighted by molar-refractivity contribution is 0.0922. The molecule has 1 saturated carbocycles. The Morgan fingerprint density at radius 2 is 1.86 bits per heavy atom. The van der Waals surface area contributed by atoms with E-state index in [0.29, 0.717) is 5.78 Å². The minimum atomic E-state index is -0.232. The number of fused-ring (bicyclic) bond motifs is 1. The first-order chi connectivity index (χ1) is 6.82. The highest BCUT2D eigenvalue weighted by Gasteiger charge is 2.46. The summed E-state index contributed by atoms with van der Waals surface area (Å²) >= 11 is 0. The zero-order valence-electron chi connectivity index (χ0n) is 8.05. The van der Waals surface area contributed by atoms with Crippen LogP contribution in [0.5, 0.6) is 0 Å². The molecule has 1 fully saturated rings. The average Bonchev–Trinajstić information content (AvgIpc) is 2.77. The number of ketones is 1. The van der Waals surface area contributed by atoms with E-state index in [1.54, 1.807) is 0 Å². The summed E-state index contributed by atoms with van der Waals surface area (Å²) in [7, 11) is 0. The molecule has 3 rings (SSSR count). The van der Waals surface area contributed by atoms with E-state index in [0.717, 1.165) is 24.1 Å². The molecule has 1 heterocycles. The van der Waals surface area contributed by atoms with Crippen LogP contribution in [0, 0.1) is 0 Å². The van der Waals surface area contributed by atoms with Crippen molar-refractivity contribution in [2.75, 3.05) is 5.32 Å². The predicted molar refractivity (Wildman–Crippen MR) is 55.6 cm³/mol. The number of nitrogens with one attached hydrogen (secondary N) is 1. The van der Waals surface area contributed by atoms with E-state index in [1.807, 2.05) is 24.3 Å². The summed E-state index contributed by atoms with van der Waals surface area (Å²) in [4.78, 5) is 12.2. The fraction of sp³-hybridized carbons (Fsp3) is 0.417. The minimum absolute atomic E-state index is 0.232. The second kappa shape index (κ2) is 2.59. The second-order valence-corrected chi connectivity index (χ2v) is 4.29. The molecule has 2 heteroatoms. The van der Waals surface area contributed by atoms with E-state index in [2.05, 4.69) is 5.32 Å². The van der Waals surface area contributed by atoms with Gasteiger partial charge in [0.2, 0.25) is 0 Å². The third-order valence-electron chi connectivity index (χ3n) is 3.44. The Hall–Kier alpha value is -1.31. The summed E-state index contributed by atoms with van der Waals surface area (Å²) in [6.45, 7) is 0. The van der Waals surface area contributed by atoms with Gasteiger partial charge in [-0.1, -0.05) is 25.0 Å². The predicted octanol–water partition coefficient (Wildman–Crippen LogP) is 2.61. The van der Waals surface area contributed by atoms with Crippen LogP contribution in [0.2, 0.25) is 0 Å². The van der Waals surface area contributed by atoms with E-state index < -0.39 is 0 Å². The van der Waals surface area contributed by atoms with Crippen molar-refractivity contribution in [3.05, 3.63) is 29.8 Å². The lowest BCUT2D eigenvalue weighted by Gasteiger charge is -2.21. The normalized spacial score (nSPS) is 22.4. The van der Waals surface area contributed by atoms with Gasteiger partial charge in [-0.15, -0.1) is 0 Å². The maximum atomic E-state index is 12.2. The highest BCUT2D eigenvalue weighted by molar-refractivity contribution is 6.13. The van der Waals surface area contributed by atoms with Crippen LogP contribution in [-0.4, -0.2) is 11.3 Å². The van der Waals surface area contributed by atoms with Crippen LogP contribution >= 0.6 is 0 Å². The number of rotatable bonds is 0. The van der Waals surface area contributed by atoms with Crippen molar-refractivity contribution in [1.82, 2.24) is 0 Å². The van der Waals surface area contributed by atoms with E-state index >= 15 is 0 Å². The molecule has 1 aliphatic carbocycles. The molecule has 0 saturated heterocycles. The fourth-order valence-electron chi connectivity index (χ4n) is 2.69.